The summed E-state index contributed by atoms with van der Waals surface area (Å²) in [6.45, 7) is 0. The molecule has 0 aromatic heterocycles. The summed E-state index contributed by atoms with van der Waals surface area (Å²) in [6, 6.07) is 1.70. The van der Waals surface area contributed by atoms with Crippen LogP contribution in [0.15, 0.2) is 0 Å². The Morgan fingerprint density at radius 3 is 1.57 bits per heavy atom. The predicted octanol–water partition coefficient (Wildman–Crippen LogP) is 0.159. The van der Waals surface area contributed by atoms with E-state index in [4.69, 9.17) is 26.6 Å². The SMILES string of the molecule is COC.CO[SiH2]CC(C[Si](OC)(OC)OC)[SiH](OC)OC. The van der Waals surface area contributed by atoms with Crippen molar-refractivity contribution >= 4 is 27.9 Å². The molecule has 0 aliphatic carbocycles. The van der Waals surface area contributed by atoms with Gasteiger partial charge >= 0.3 is 18.1 Å². The lowest BCUT2D eigenvalue weighted by Gasteiger charge is -2.30. The molecular weight excluding hydrogens is 328 g/mol. The van der Waals surface area contributed by atoms with Crippen LogP contribution in [0, 0.1) is 0 Å². The Balaban J connectivity index is 0. The fourth-order valence-corrected chi connectivity index (χ4v) is 9.00. The van der Waals surface area contributed by atoms with Crippen LogP contribution in [0.2, 0.25) is 17.6 Å². The monoisotopic (exact) mass is 360 g/mol. The van der Waals surface area contributed by atoms with Crippen molar-refractivity contribution in [3.8, 4) is 0 Å². The van der Waals surface area contributed by atoms with E-state index < -0.39 is 27.9 Å². The number of ether oxygens (including phenoxy) is 1. The lowest BCUT2D eigenvalue weighted by Crippen LogP contribution is -2.46. The molecule has 0 radical (unpaired) electrons. The summed E-state index contributed by atoms with van der Waals surface area (Å²) in [6.07, 6.45) is 0. The third kappa shape index (κ3) is 9.89. The van der Waals surface area contributed by atoms with E-state index in [0.717, 1.165) is 6.04 Å². The Morgan fingerprint density at radius 1 is 0.857 bits per heavy atom. The van der Waals surface area contributed by atoms with Crippen molar-refractivity contribution in [2.75, 3.05) is 56.9 Å². The molecule has 1 unspecified atom stereocenters. The van der Waals surface area contributed by atoms with Gasteiger partial charge in [-0.3, -0.25) is 0 Å². The molecule has 0 aliphatic rings. The van der Waals surface area contributed by atoms with Crippen LogP contribution in [-0.4, -0.2) is 84.7 Å². The van der Waals surface area contributed by atoms with E-state index in [9.17, 15) is 0 Å². The molecule has 0 saturated carbocycles. The van der Waals surface area contributed by atoms with Gasteiger partial charge in [0.2, 0.25) is 0 Å². The summed E-state index contributed by atoms with van der Waals surface area (Å²) in [7, 11) is 8.39. The molecule has 130 valence electrons. The molecule has 0 rings (SSSR count). The van der Waals surface area contributed by atoms with Crippen LogP contribution in [0.4, 0.5) is 0 Å². The maximum atomic E-state index is 5.48. The highest BCUT2D eigenvalue weighted by atomic mass is 28.4. The first kappa shape index (κ1) is 23.6. The van der Waals surface area contributed by atoms with Crippen molar-refractivity contribution in [1.29, 1.82) is 0 Å². The third-order valence-electron chi connectivity index (χ3n) is 2.99. The zero-order valence-electron chi connectivity index (χ0n) is 14.6. The molecule has 0 amide bonds. The van der Waals surface area contributed by atoms with Gasteiger partial charge in [-0.25, -0.2) is 0 Å². The highest BCUT2D eigenvalue weighted by Crippen LogP contribution is 2.30. The van der Waals surface area contributed by atoms with Crippen LogP contribution in [0.5, 0.6) is 0 Å². The number of hydrogen-bond acceptors (Lipinski definition) is 7. The van der Waals surface area contributed by atoms with Gasteiger partial charge < -0.3 is 31.3 Å². The molecule has 10 heteroatoms. The zero-order valence-corrected chi connectivity index (χ0v) is 18.2. The summed E-state index contributed by atoms with van der Waals surface area (Å²) >= 11 is 0. The largest absolute Gasteiger partial charge is 0.500 e. The first-order chi connectivity index (χ1) is 10.0. The van der Waals surface area contributed by atoms with E-state index >= 15 is 0 Å². The minimum absolute atomic E-state index is 0.290. The van der Waals surface area contributed by atoms with Gasteiger partial charge in [0, 0.05) is 68.5 Å². The fourth-order valence-electron chi connectivity index (χ4n) is 1.91. The maximum Gasteiger partial charge on any atom is 0.500 e. The van der Waals surface area contributed by atoms with Gasteiger partial charge in [0.15, 0.2) is 9.76 Å². The normalized spacial score (nSPS) is 13.6. The van der Waals surface area contributed by atoms with E-state index in [1.165, 1.54) is 0 Å². The van der Waals surface area contributed by atoms with Gasteiger partial charge in [-0.15, -0.1) is 0 Å². The Bertz CT molecular complexity index is 208. The van der Waals surface area contributed by atoms with Crippen molar-refractivity contribution in [1.82, 2.24) is 0 Å². The van der Waals surface area contributed by atoms with Gasteiger partial charge in [-0.05, 0) is 6.04 Å². The quantitative estimate of drug-likeness (QED) is 0.486. The molecule has 0 fully saturated rings. The van der Waals surface area contributed by atoms with Crippen LogP contribution in [0.1, 0.15) is 0 Å². The van der Waals surface area contributed by atoms with Gasteiger partial charge in [-0.2, -0.15) is 0 Å². The second-order valence-electron chi connectivity index (χ2n) is 4.29. The standard InChI is InChI=1S/C9H26O6Si3.C2H6O/c1-10-16-7-9(17(11-2)12-3)8-18(13-4,14-5)15-6;1-3-2/h9,17H,7-8,16H2,1-6H3;1-2H3. The van der Waals surface area contributed by atoms with Crippen LogP contribution in [-0.2, 0) is 31.3 Å². The van der Waals surface area contributed by atoms with E-state index in [2.05, 4.69) is 4.74 Å². The van der Waals surface area contributed by atoms with Gasteiger partial charge in [0.1, 0.15) is 0 Å². The first-order valence-electron chi connectivity index (χ1n) is 6.64. The van der Waals surface area contributed by atoms with E-state index in [1.807, 2.05) is 0 Å². The average Bonchev–Trinajstić information content (AvgIpc) is 2.51. The first-order valence-corrected chi connectivity index (χ1v) is 11.8. The minimum atomic E-state index is -2.58. The van der Waals surface area contributed by atoms with Crippen molar-refractivity contribution in [3.05, 3.63) is 0 Å². The smallest absolute Gasteiger partial charge is 0.427 e. The number of methoxy groups -OCH3 is 1. The molecule has 7 nitrogen and oxygen atoms in total. The van der Waals surface area contributed by atoms with Crippen LogP contribution >= 0.6 is 0 Å². The van der Waals surface area contributed by atoms with E-state index in [1.54, 1.807) is 56.9 Å². The maximum absolute atomic E-state index is 5.48. The van der Waals surface area contributed by atoms with Crippen molar-refractivity contribution in [3.63, 3.8) is 0 Å². The molecule has 0 N–H and O–H groups in total. The molecule has 1 atom stereocenters. The molecule has 0 aromatic rings. The summed E-state index contributed by atoms with van der Waals surface area (Å²) in [4.78, 5) is 0. The van der Waals surface area contributed by atoms with Crippen molar-refractivity contribution < 1.29 is 31.3 Å². The Kier molecular flexibility index (Phi) is 17.2. The highest BCUT2D eigenvalue weighted by Gasteiger charge is 2.43. The molecule has 0 heterocycles. The van der Waals surface area contributed by atoms with Gasteiger partial charge in [0.25, 0.3) is 0 Å². The lowest BCUT2D eigenvalue weighted by atomic mass is 10.5. The minimum Gasteiger partial charge on any atom is -0.427 e. The molecule has 21 heavy (non-hydrogen) atoms. The Hall–Kier alpha value is 0.371. The van der Waals surface area contributed by atoms with E-state index in [-0.39, 0.29) is 5.54 Å². The van der Waals surface area contributed by atoms with Gasteiger partial charge in [0.05, 0.1) is 0 Å². The van der Waals surface area contributed by atoms with E-state index in [0.29, 0.717) is 6.04 Å². The van der Waals surface area contributed by atoms with Crippen LogP contribution in [0.25, 0.3) is 0 Å². The summed E-state index contributed by atoms with van der Waals surface area (Å²) < 4.78 is 36.9. The summed E-state index contributed by atoms with van der Waals surface area (Å²) in [5.41, 5.74) is 0.290. The lowest BCUT2D eigenvalue weighted by molar-refractivity contribution is 0.121. The fraction of sp³-hybridized carbons (Fsp3) is 1.00. The molecule has 0 bridgehead atoms. The topological polar surface area (TPSA) is 64.6 Å². The second-order valence-corrected chi connectivity index (χ2v) is 11.5. The zero-order chi connectivity index (χ0) is 16.7. The molecule has 0 saturated heterocycles. The van der Waals surface area contributed by atoms with Crippen LogP contribution in [0.3, 0.4) is 0 Å². The second kappa shape index (κ2) is 15.3. The summed E-state index contributed by atoms with van der Waals surface area (Å²) in [5.74, 6) is 0. The number of hydrogen-bond donors (Lipinski definition) is 0. The predicted molar refractivity (Wildman–Crippen MR) is 89.8 cm³/mol. The van der Waals surface area contributed by atoms with Crippen LogP contribution < -0.4 is 0 Å². The molecule has 0 aromatic carbocycles. The molecule has 0 aliphatic heterocycles. The summed E-state index contributed by atoms with van der Waals surface area (Å²) in [5, 5.41) is 0. The third-order valence-corrected chi connectivity index (χ3v) is 10.7. The highest BCUT2D eigenvalue weighted by molar-refractivity contribution is 6.63. The molecular formula is C11H32O7Si3. The number of rotatable bonds is 11. The Morgan fingerprint density at radius 2 is 1.29 bits per heavy atom. The average molecular weight is 361 g/mol. The van der Waals surface area contributed by atoms with Gasteiger partial charge in [-0.1, -0.05) is 0 Å². The van der Waals surface area contributed by atoms with Crippen molar-refractivity contribution in [2.24, 2.45) is 0 Å². The molecule has 0 spiro atoms. The Labute approximate surface area is 134 Å². The van der Waals surface area contributed by atoms with Crippen molar-refractivity contribution in [2.45, 2.75) is 17.6 Å².